The zero-order valence-corrected chi connectivity index (χ0v) is 15.5. The molecule has 1 aliphatic rings. The molecule has 27 heavy (non-hydrogen) atoms. The number of hydrogen-bond donors (Lipinski definition) is 3. The number of aromatic amines is 1. The average molecular weight is 382 g/mol. The summed E-state index contributed by atoms with van der Waals surface area (Å²) < 4.78 is 0. The molecule has 2 amide bonds. The monoisotopic (exact) mass is 381 g/mol. The standard InChI is InChI=1S/C21H20ClN3O2/c22-16-6-2-4-8-18(16)25-20(27)21(10-11-21)19(26)23-12-9-14-13-24-17-7-3-1-5-15(14)17/h1-8,13,24H,9-12H2,(H,23,26)(H,25,27). The molecule has 0 atom stereocenters. The molecule has 3 N–H and O–H groups in total. The molecular formula is C21H20ClN3O2. The molecule has 138 valence electrons. The van der Waals surface area contributed by atoms with Crippen molar-refractivity contribution in [2.45, 2.75) is 19.3 Å². The highest BCUT2D eigenvalue weighted by Gasteiger charge is 2.56. The highest BCUT2D eigenvalue weighted by atomic mass is 35.5. The van der Waals surface area contributed by atoms with Crippen LogP contribution in [0.1, 0.15) is 18.4 Å². The number of para-hydroxylation sites is 2. The molecule has 0 aliphatic heterocycles. The van der Waals surface area contributed by atoms with E-state index in [-0.39, 0.29) is 11.8 Å². The van der Waals surface area contributed by atoms with Crippen molar-refractivity contribution in [1.82, 2.24) is 10.3 Å². The van der Waals surface area contributed by atoms with Crippen molar-refractivity contribution in [1.29, 1.82) is 0 Å². The van der Waals surface area contributed by atoms with E-state index < -0.39 is 5.41 Å². The number of H-pyrrole nitrogens is 1. The van der Waals surface area contributed by atoms with Crippen LogP contribution in [-0.2, 0) is 16.0 Å². The zero-order chi connectivity index (χ0) is 18.9. The van der Waals surface area contributed by atoms with Crippen molar-refractivity contribution in [3.63, 3.8) is 0 Å². The van der Waals surface area contributed by atoms with Crippen LogP contribution >= 0.6 is 11.6 Å². The van der Waals surface area contributed by atoms with Gasteiger partial charge in [0.05, 0.1) is 10.7 Å². The van der Waals surface area contributed by atoms with Crippen LogP contribution in [0.3, 0.4) is 0 Å². The lowest BCUT2D eigenvalue weighted by molar-refractivity contribution is -0.134. The summed E-state index contributed by atoms with van der Waals surface area (Å²) in [6.45, 7) is 0.488. The molecule has 0 spiro atoms. The van der Waals surface area contributed by atoms with Crippen LogP contribution in [0.4, 0.5) is 5.69 Å². The van der Waals surface area contributed by atoms with Gasteiger partial charge in [-0.2, -0.15) is 0 Å². The van der Waals surface area contributed by atoms with Gasteiger partial charge in [-0.25, -0.2) is 0 Å². The van der Waals surface area contributed by atoms with E-state index in [0.717, 1.165) is 16.5 Å². The number of anilines is 1. The Bertz CT molecular complexity index is 1010. The molecule has 1 saturated carbocycles. The molecule has 0 bridgehead atoms. The minimum Gasteiger partial charge on any atom is -0.361 e. The molecule has 0 saturated heterocycles. The SMILES string of the molecule is O=C(NCCc1c[nH]c2ccccc12)C1(C(=O)Nc2ccccc2Cl)CC1. The van der Waals surface area contributed by atoms with Crippen LogP contribution in [0.2, 0.25) is 5.02 Å². The van der Waals surface area contributed by atoms with Gasteiger partial charge in [0.1, 0.15) is 5.41 Å². The molecule has 6 heteroatoms. The molecule has 1 fully saturated rings. The molecular weight excluding hydrogens is 362 g/mol. The van der Waals surface area contributed by atoms with Crippen molar-refractivity contribution in [3.8, 4) is 0 Å². The van der Waals surface area contributed by atoms with Gasteiger partial charge in [-0.1, -0.05) is 41.9 Å². The summed E-state index contributed by atoms with van der Waals surface area (Å²) in [5, 5.41) is 7.32. The molecule has 0 unspecified atom stereocenters. The summed E-state index contributed by atoms with van der Waals surface area (Å²) in [6, 6.07) is 15.1. The number of aromatic nitrogens is 1. The molecule has 2 aromatic carbocycles. The lowest BCUT2D eigenvalue weighted by Gasteiger charge is -2.16. The number of fused-ring (bicyclic) bond motifs is 1. The second-order valence-electron chi connectivity index (χ2n) is 6.88. The first-order chi connectivity index (χ1) is 13.1. The van der Waals surface area contributed by atoms with Crippen molar-refractivity contribution in [3.05, 3.63) is 65.3 Å². The van der Waals surface area contributed by atoms with E-state index in [1.54, 1.807) is 24.3 Å². The molecule has 0 radical (unpaired) electrons. The first-order valence-corrected chi connectivity index (χ1v) is 9.37. The van der Waals surface area contributed by atoms with E-state index in [1.807, 2.05) is 24.4 Å². The normalized spacial score (nSPS) is 14.7. The van der Waals surface area contributed by atoms with E-state index in [2.05, 4.69) is 21.7 Å². The maximum Gasteiger partial charge on any atom is 0.240 e. The van der Waals surface area contributed by atoms with Gasteiger partial charge >= 0.3 is 0 Å². The van der Waals surface area contributed by atoms with Gasteiger partial charge in [0.2, 0.25) is 11.8 Å². The Morgan fingerprint density at radius 3 is 2.56 bits per heavy atom. The second kappa shape index (κ2) is 7.08. The highest BCUT2D eigenvalue weighted by Crippen LogP contribution is 2.47. The quantitative estimate of drug-likeness (QED) is 0.566. The van der Waals surface area contributed by atoms with Crippen molar-refractivity contribution >= 4 is 40.0 Å². The Labute approximate surface area is 162 Å². The smallest absolute Gasteiger partial charge is 0.240 e. The maximum absolute atomic E-state index is 12.6. The maximum atomic E-state index is 12.6. The number of benzene rings is 2. The van der Waals surface area contributed by atoms with Gasteiger partial charge in [0.25, 0.3) is 0 Å². The summed E-state index contributed by atoms with van der Waals surface area (Å²) in [5.41, 5.74) is 1.79. The Morgan fingerprint density at radius 2 is 1.78 bits per heavy atom. The molecule has 5 nitrogen and oxygen atoms in total. The van der Waals surface area contributed by atoms with Crippen molar-refractivity contribution < 1.29 is 9.59 Å². The minimum atomic E-state index is -0.973. The zero-order valence-electron chi connectivity index (χ0n) is 14.7. The van der Waals surface area contributed by atoms with Gasteiger partial charge in [0.15, 0.2) is 0 Å². The first-order valence-electron chi connectivity index (χ1n) is 8.99. The van der Waals surface area contributed by atoms with Crippen molar-refractivity contribution in [2.75, 3.05) is 11.9 Å². The third-order valence-corrected chi connectivity index (χ3v) is 5.43. The Balaban J connectivity index is 1.36. The second-order valence-corrected chi connectivity index (χ2v) is 7.29. The molecule has 1 aliphatic carbocycles. The largest absolute Gasteiger partial charge is 0.361 e. The van der Waals surface area contributed by atoms with E-state index in [4.69, 9.17) is 11.6 Å². The number of nitrogens with one attached hydrogen (secondary N) is 3. The Hall–Kier alpha value is -2.79. The number of halogens is 1. The average Bonchev–Trinajstić information content (AvgIpc) is 3.40. The fourth-order valence-corrected chi connectivity index (χ4v) is 3.49. The van der Waals surface area contributed by atoms with Crippen LogP contribution < -0.4 is 10.6 Å². The van der Waals surface area contributed by atoms with E-state index >= 15 is 0 Å². The van der Waals surface area contributed by atoms with Crippen LogP contribution in [0, 0.1) is 5.41 Å². The number of carbonyl (C=O) groups is 2. The van der Waals surface area contributed by atoms with E-state index in [0.29, 0.717) is 36.5 Å². The number of amides is 2. The Morgan fingerprint density at radius 1 is 1.04 bits per heavy atom. The number of hydrogen-bond acceptors (Lipinski definition) is 2. The Kier molecular flexibility index (Phi) is 4.62. The van der Waals surface area contributed by atoms with Crippen LogP contribution in [0.5, 0.6) is 0 Å². The van der Waals surface area contributed by atoms with Crippen LogP contribution in [-0.4, -0.2) is 23.3 Å². The lowest BCUT2D eigenvalue weighted by Crippen LogP contribution is -2.40. The summed E-state index contributed by atoms with van der Waals surface area (Å²) in [5.74, 6) is -0.507. The van der Waals surface area contributed by atoms with E-state index in [9.17, 15) is 9.59 Å². The number of rotatable bonds is 6. The summed E-state index contributed by atoms with van der Waals surface area (Å²) in [7, 11) is 0. The molecule has 4 rings (SSSR count). The van der Waals surface area contributed by atoms with Crippen molar-refractivity contribution in [2.24, 2.45) is 5.41 Å². The molecule has 1 aromatic heterocycles. The number of carbonyl (C=O) groups excluding carboxylic acids is 2. The third-order valence-electron chi connectivity index (χ3n) is 5.10. The van der Waals surface area contributed by atoms with Crippen LogP contribution in [0.15, 0.2) is 54.7 Å². The van der Waals surface area contributed by atoms with Gasteiger partial charge in [0, 0.05) is 23.6 Å². The first kappa shape index (κ1) is 17.6. The highest BCUT2D eigenvalue weighted by molar-refractivity contribution is 6.34. The topological polar surface area (TPSA) is 74.0 Å². The van der Waals surface area contributed by atoms with Gasteiger partial charge in [-0.3, -0.25) is 9.59 Å². The third kappa shape index (κ3) is 3.43. The summed E-state index contributed by atoms with van der Waals surface area (Å²) in [4.78, 5) is 28.5. The molecule has 3 aromatic rings. The van der Waals surface area contributed by atoms with Gasteiger partial charge in [-0.15, -0.1) is 0 Å². The predicted octanol–water partition coefficient (Wildman–Crippen LogP) is 3.90. The fraction of sp³-hybridized carbons (Fsp3) is 0.238. The summed E-state index contributed by atoms with van der Waals surface area (Å²) in [6.07, 6.45) is 3.79. The molecule has 1 heterocycles. The van der Waals surface area contributed by atoms with Gasteiger partial charge < -0.3 is 15.6 Å². The van der Waals surface area contributed by atoms with E-state index in [1.165, 1.54) is 0 Å². The minimum absolute atomic E-state index is 0.216. The summed E-state index contributed by atoms with van der Waals surface area (Å²) >= 11 is 6.09. The van der Waals surface area contributed by atoms with Gasteiger partial charge in [-0.05, 0) is 43.0 Å². The fourth-order valence-electron chi connectivity index (χ4n) is 3.31. The van der Waals surface area contributed by atoms with Crippen LogP contribution in [0.25, 0.3) is 10.9 Å². The lowest BCUT2D eigenvalue weighted by atomic mass is 10.0. The predicted molar refractivity (Wildman–Crippen MR) is 107 cm³/mol.